The number of aliphatic carboxylic acids is 1. The zero-order valence-electron chi connectivity index (χ0n) is 19.2. The van der Waals surface area contributed by atoms with Gasteiger partial charge in [0, 0.05) is 24.9 Å². The van der Waals surface area contributed by atoms with Gasteiger partial charge in [-0.3, -0.25) is 14.4 Å². The van der Waals surface area contributed by atoms with Crippen LogP contribution in [0.25, 0.3) is 0 Å². The van der Waals surface area contributed by atoms with Crippen LogP contribution in [-0.2, 0) is 25.6 Å². The van der Waals surface area contributed by atoms with E-state index in [2.05, 4.69) is 20.6 Å². The summed E-state index contributed by atoms with van der Waals surface area (Å²) in [5.41, 5.74) is 6.33. The predicted octanol–water partition coefficient (Wildman–Crippen LogP) is -1.25. The number of hydrogen-bond donors (Lipinski definition) is 6. The Balaban J connectivity index is 2.16. The number of aliphatic hydroxyl groups is 1. The fourth-order valence-electron chi connectivity index (χ4n) is 3.76. The van der Waals surface area contributed by atoms with E-state index in [1.165, 1.54) is 24.3 Å². The molecule has 5 unspecified atom stereocenters. The summed E-state index contributed by atoms with van der Waals surface area (Å²) in [6, 6.07) is -4.19. The number of carboxylic acids is 1. The number of hydrogen-bond acceptors (Lipinski definition) is 7. The lowest BCUT2D eigenvalue weighted by Crippen LogP contribution is -2.58. The number of nitrogens with one attached hydrogen (secondary N) is 3. The number of rotatable bonds is 11. The molecule has 0 saturated carbocycles. The molecule has 1 aromatic heterocycles. The number of carboxylic acid groups (broad SMARTS) is 1. The fourth-order valence-corrected chi connectivity index (χ4v) is 3.76. The Bertz CT molecular complexity index is 827. The summed E-state index contributed by atoms with van der Waals surface area (Å²) in [6.07, 6.45) is 3.10. The average molecular weight is 467 g/mol. The molecule has 1 fully saturated rings. The third-order valence-electron chi connectivity index (χ3n) is 5.58. The molecule has 1 aromatic rings. The topological polar surface area (TPSA) is 191 Å². The molecule has 1 aliphatic rings. The first kappa shape index (κ1) is 26.3. The van der Waals surface area contributed by atoms with E-state index in [0.717, 1.165) is 0 Å². The van der Waals surface area contributed by atoms with Crippen molar-refractivity contribution in [2.45, 2.75) is 76.7 Å². The van der Waals surface area contributed by atoms with Crippen LogP contribution < -0.4 is 16.4 Å². The van der Waals surface area contributed by atoms with Gasteiger partial charge in [-0.05, 0) is 32.1 Å². The Morgan fingerprint density at radius 3 is 2.48 bits per heavy atom. The third kappa shape index (κ3) is 7.26. The minimum absolute atomic E-state index is 0.0308. The summed E-state index contributed by atoms with van der Waals surface area (Å²) in [5.74, 6) is -2.87. The summed E-state index contributed by atoms with van der Waals surface area (Å²) in [7, 11) is 0. The van der Waals surface area contributed by atoms with Crippen LogP contribution in [0.4, 0.5) is 0 Å². The number of nitrogens with zero attached hydrogens (tertiary/aromatic N) is 2. The van der Waals surface area contributed by atoms with E-state index in [1.807, 2.05) is 13.8 Å². The molecule has 0 aromatic carbocycles. The van der Waals surface area contributed by atoms with Crippen LogP contribution in [0, 0.1) is 5.92 Å². The first-order chi connectivity index (χ1) is 15.5. The smallest absolute Gasteiger partial charge is 0.326 e. The molecule has 12 heteroatoms. The van der Waals surface area contributed by atoms with E-state index >= 15 is 0 Å². The Morgan fingerprint density at radius 2 is 1.94 bits per heavy atom. The van der Waals surface area contributed by atoms with Gasteiger partial charge in [-0.1, -0.05) is 13.8 Å². The molecule has 1 aliphatic heterocycles. The lowest BCUT2D eigenvalue weighted by atomic mass is 10.0. The summed E-state index contributed by atoms with van der Waals surface area (Å²) >= 11 is 0. The molecular formula is C21H34N6O6. The maximum absolute atomic E-state index is 13.1. The molecular weight excluding hydrogens is 432 g/mol. The molecule has 3 amide bonds. The SMILES string of the molecule is CC(C)CC(NC(=O)C(Cc1cnc[nH]1)NC(=O)C1CCCN1C(=O)C(N)C(C)O)C(=O)O. The first-order valence-corrected chi connectivity index (χ1v) is 11.1. The van der Waals surface area contributed by atoms with Crippen molar-refractivity contribution in [3.05, 3.63) is 18.2 Å². The molecule has 0 spiro atoms. The van der Waals surface area contributed by atoms with Crippen LogP contribution in [0.1, 0.15) is 45.7 Å². The number of imidazole rings is 1. The van der Waals surface area contributed by atoms with Crippen LogP contribution in [0.5, 0.6) is 0 Å². The highest BCUT2D eigenvalue weighted by molar-refractivity contribution is 5.94. The summed E-state index contributed by atoms with van der Waals surface area (Å²) < 4.78 is 0. The zero-order valence-corrected chi connectivity index (χ0v) is 19.2. The number of aromatic nitrogens is 2. The summed E-state index contributed by atoms with van der Waals surface area (Å²) in [4.78, 5) is 58.3. The molecule has 2 heterocycles. The molecule has 7 N–H and O–H groups in total. The van der Waals surface area contributed by atoms with Crippen molar-refractivity contribution < 1.29 is 29.4 Å². The van der Waals surface area contributed by atoms with Gasteiger partial charge in [0.2, 0.25) is 17.7 Å². The second-order valence-electron chi connectivity index (χ2n) is 8.83. The third-order valence-corrected chi connectivity index (χ3v) is 5.58. The van der Waals surface area contributed by atoms with E-state index in [4.69, 9.17) is 5.73 Å². The first-order valence-electron chi connectivity index (χ1n) is 11.1. The van der Waals surface area contributed by atoms with Gasteiger partial charge in [0.05, 0.1) is 12.4 Å². The van der Waals surface area contributed by atoms with Gasteiger partial charge < -0.3 is 36.5 Å². The van der Waals surface area contributed by atoms with Crippen LogP contribution in [0.2, 0.25) is 0 Å². The highest BCUT2D eigenvalue weighted by Crippen LogP contribution is 2.19. The van der Waals surface area contributed by atoms with Crippen molar-refractivity contribution in [2.75, 3.05) is 6.54 Å². The minimum atomic E-state index is -1.16. The van der Waals surface area contributed by atoms with Crippen molar-refractivity contribution in [3.63, 3.8) is 0 Å². The Morgan fingerprint density at radius 1 is 1.24 bits per heavy atom. The van der Waals surface area contributed by atoms with Crippen LogP contribution in [0.3, 0.4) is 0 Å². The van der Waals surface area contributed by atoms with E-state index in [-0.39, 0.29) is 18.8 Å². The number of aromatic amines is 1. The summed E-state index contributed by atoms with van der Waals surface area (Å²) in [6.45, 7) is 5.39. The van der Waals surface area contributed by atoms with Gasteiger partial charge in [0.25, 0.3) is 0 Å². The van der Waals surface area contributed by atoms with Gasteiger partial charge in [-0.2, -0.15) is 0 Å². The minimum Gasteiger partial charge on any atom is -0.480 e. The molecule has 184 valence electrons. The second kappa shape index (κ2) is 11.8. The second-order valence-corrected chi connectivity index (χ2v) is 8.83. The molecule has 0 bridgehead atoms. The Hall–Kier alpha value is -2.99. The van der Waals surface area contributed by atoms with Crippen molar-refractivity contribution in [3.8, 4) is 0 Å². The van der Waals surface area contributed by atoms with Gasteiger partial charge in [-0.15, -0.1) is 0 Å². The van der Waals surface area contributed by atoms with Crippen molar-refractivity contribution in [1.29, 1.82) is 0 Å². The van der Waals surface area contributed by atoms with Gasteiger partial charge in [0.1, 0.15) is 24.2 Å². The predicted molar refractivity (Wildman–Crippen MR) is 118 cm³/mol. The lowest BCUT2D eigenvalue weighted by Gasteiger charge is -2.29. The van der Waals surface area contributed by atoms with Gasteiger partial charge >= 0.3 is 5.97 Å². The highest BCUT2D eigenvalue weighted by atomic mass is 16.4. The Kier molecular flexibility index (Phi) is 9.35. The molecule has 0 aliphatic carbocycles. The van der Waals surface area contributed by atoms with Crippen molar-refractivity contribution in [1.82, 2.24) is 25.5 Å². The van der Waals surface area contributed by atoms with Crippen molar-refractivity contribution >= 4 is 23.7 Å². The van der Waals surface area contributed by atoms with Crippen LogP contribution >= 0.6 is 0 Å². The number of likely N-dealkylation sites (tertiary alicyclic amines) is 1. The molecule has 1 saturated heterocycles. The van der Waals surface area contributed by atoms with Crippen molar-refractivity contribution in [2.24, 2.45) is 11.7 Å². The molecule has 33 heavy (non-hydrogen) atoms. The number of H-pyrrole nitrogens is 1. The Labute approximate surface area is 192 Å². The molecule has 2 rings (SSSR count). The number of carbonyl (C=O) groups excluding carboxylic acids is 3. The average Bonchev–Trinajstić information content (AvgIpc) is 3.43. The van der Waals surface area contributed by atoms with Crippen LogP contribution in [-0.4, -0.2) is 85.6 Å². The molecule has 12 nitrogen and oxygen atoms in total. The maximum atomic E-state index is 13.1. The van der Waals surface area contributed by atoms with Gasteiger partial charge in [-0.25, -0.2) is 9.78 Å². The number of nitrogens with two attached hydrogens (primary N) is 1. The quantitative estimate of drug-likeness (QED) is 0.233. The van der Waals surface area contributed by atoms with E-state index < -0.39 is 54.0 Å². The standard InChI is InChI=1S/C21H34N6O6/c1-11(2)7-15(21(32)33)26-18(29)14(8-13-9-23-10-24-13)25-19(30)16-5-4-6-27(16)20(31)17(22)12(3)28/h9-12,14-17,28H,4-8,22H2,1-3H3,(H,23,24)(H,25,30)(H,26,29)(H,32,33). The normalized spacial score (nSPS) is 19.6. The molecule has 5 atom stereocenters. The maximum Gasteiger partial charge on any atom is 0.326 e. The number of carbonyl (C=O) groups is 4. The molecule has 0 radical (unpaired) electrons. The largest absolute Gasteiger partial charge is 0.480 e. The van der Waals surface area contributed by atoms with E-state index in [9.17, 15) is 29.4 Å². The van der Waals surface area contributed by atoms with Crippen LogP contribution in [0.15, 0.2) is 12.5 Å². The highest BCUT2D eigenvalue weighted by Gasteiger charge is 2.39. The summed E-state index contributed by atoms with van der Waals surface area (Å²) in [5, 5.41) is 24.3. The van der Waals surface area contributed by atoms with Gasteiger partial charge in [0.15, 0.2) is 0 Å². The lowest BCUT2D eigenvalue weighted by molar-refractivity contribution is -0.143. The fraction of sp³-hybridized carbons (Fsp3) is 0.667. The zero-order chi connectivity index (χ0) is 24.7. The monoisotopic (exact) mass is 466 g/mol. The van der Waals surface area contributed by atoms with E-state index in [1.54, 1.807) is 0 Å². The van der Waals surface area contributed by atoms with E-state index in [0.29, 0.717) is 25.1 Å². The number of aliphatic hydroxyl groups excluding tert-OH is 1. The number of amides is 3.